The molecule has 5 rings (SSSR count). The van der Waals surface area contributed by atoms with Crippen LogP contribution in [0.4, 0.5) is 0 Å². The van der Waals surface area contributed by atoms with Crippen molar-refractivity contribution in [2.45, 2.75) is 71.6 Å². The van der Waals surface area contributed by atoms with E-state index >= 15 is 0 Å². The molecule has 2 saturated carbocycles. The first-order valence-electron chi connectivity index (χ1n) is 11.5. The topological polar surface area (TPSA) is 0 Å². The highest BCUT2D eigenvalue weighted by molar-refractivity contribution is 5.27. The third kappa shape index (κ3) is 2.78. The smallest absolute Gasteiger partial charge is 0.00822 e. The van der Waals surface area contributed by atoms with Crippen LogP contribution in [0.2, 0.25) is 0 Å². The first-order valence-corrected chi connectivity index (χ1v) is 11.5. The summed E-state index contributed by atoms with van der Waals surface area (Å²) in [6.07, 6.45) is 20.1. The largest absolute Gasteiger partial charge is 0.0882 e. The molecule has 0 amide bonds. The van der Waals surface area contributed by atoms with E-state index in [4.69, 9.17) is 0 Å². The standard InChI is InChI=1S/C27H36/c1-26-18-7-6-10-21(26)13-15-23-24-16-14-22(27(24,2)19-17-25(23)26)12-11-20-8-4-3-5-9-20/h3-9,14,21,23-25H,10-13,15-19H2,1-2H3/t21-,23+,24+,25+,26-,27+/m0/s1. The van der Waals surface area contributed by atoms with E-state index in [0.717, 1.165) is 23.7 Å². The van der Waals surface area contributed by atoms with Crippen molar-refractivity contribution in [3.63, 3.8) is 0 Å². The molecule has 0 aromatic heterocycles. The van der Waals surface area contributed by atoms with Crippen LogP contribution < -0.4 is 0 Å². The first kappa shape index (κ1) is 17.8. The van der Waals surface area contributed by atoms with Crippen molar-refractivity contribution in [2.75, 3.05) is 0 Å². The lowest BCUT2D eigenvalue weighted by atomic mass is 9.45. The molecule has 0 aliphatic heterocycles. The van der Waals surface area contributed by atoms with Gasteiger partial charge in [-0.15, -0.1) is 0 Å². The Balaban J connectivity index is 1.34. The van der Waals surface area contributed by atoms with Crippen molar-refractivity contribution in [3.8, 4) is 0 Å². The van der Waals surface area contributed by atoms with E-state index in [1.54, 1.807) is 5.57 Å². The van der Waals surface area contributed by atoms with Gasteiger partial charge in [-0.25, -0.2) is 0 Å². The van der Waals surface area contributed by atoms with Gasteiger partial charge in [-0.1, -0.05) is 68.0 Å². The van der Waals surface area contributed by atoms with Crippen LogP contribution in [0.5, 0.6) is 0 Å². The Bertz CT molecular complexity index is 741. The molecule has 0 nitrogen and oxygen atoms in total. The molecule has 27 heavy (non-hydrogen) atoms. The van der Waals surface area contributed by atoms with Gasteiger partial charge < -0.3 is 0 Å². The predicted molar refractivity (Wildman–Crippen MR) is 114 cm³/mol. The second kappa shape index (κ2) is 6.64. The first-order chi connectivity index (χ1) is 13.1. The molecule has 4 aliphatic rings. The monoisotopic (exact) mass is 360 g/mol. The van der Waals surface area contributed by atoms with Crippen LogP contribution in [0.15, 0.2) is 54.1 Å². The summed E-state index contributed by atoms with van der Waals surface area (Å²) in [5.41, 5.74) is 4.38. The third-order valence-electron chi connectivity index (χ3n) is 9.48. The average molecular weight is 361 g/mol. The highest BCUT2D eigenvalue weighted by atomic mass is 14.6. The van der Waals surface area contributed by atoms with Crippen molar-refractivity contribution in [1.29, 1.82) is 0 Å². The summed E-state index contributed by atoms with van der Waals surface area (Å²) in [6, 6.07) is 11.1. The van der Waals surface area contributed by atoms with Crippen molar-refractivity contribution in [1.82, 2.24) is 0 Å². The van der Waals surface area contributed by atoms with Gasteiger partial charge in [0.1, 0.15) is 0 Å². The fraction of sp³-hybridized carbons (Fsp3) is 0.630. The van der Waals surface area contributed by atoms with Crippen molar-refractivity contribution >= 4 is 0 Å². The zero-order valence-electron chi connectivity index (χ0n) is 17.3. The predicted octanol–water partition coefficient (Wildman–Crippen LogP) is 7.36. The summed E-state index contributed by atoms with van der Waals surface area (Å²) in [5, 5.41) is 0. The van der Waals surface area contributed by atoms with Crippen LogP contribution in [-0.2, 0) is 6.42 Å². The molecule has 0 heteroatoms. The molecule has 4 aliphatic carbocycles. The minimum atomic E-state index is 0.490. The van der Waals surface area contributed by atoms with E-state index in [1.807, 2.05) is 0 Å². The van der Waals surface area contributed by atoms with Crippen molar-refractivity contribution < 1.29 is 0 Å². The molecule has 0 saturated heterocycles. The molecule has 2 fully saturated rings. The second-order valence-corrected chi connectivity index (χ2v) is 10.5. The third-order valence-corrected chi connectivity index (χ3v) is 9.48. The number of hydrogen-bond donors (Lipinski definition) is 0. The zero-order chi connectivity index (χ0) is 18.5. The van der Waals surface area contributed by atoms with Crippen LogP contribution in [0.3, 0.4) is 0 Å². The van der Waals surface area contributed by atoms with Gasteiger partial charge in [0.05, 0.1) is 0 Å². The van der Waals surface area contributed by atoms with E-state index < -0.39 is 0 Å². The molecule has 6 atom stereocenters. The minimum absolute atomic E-state index is 0.490. The SMILES string of the molecule is C[C@]12CC=CC[C@H]1CC[C@H]1[C@H]2CC[C@]2(C)C(CCc3ccccc3)=CC[C@H]12. The lowest BCUT2D eigenvalue weighted by Crippen LogP contribution is -2.51. The van der Waals surface area contributed by atoms with Crippen molar-refractivity contribution in [2.24, 2.45) is 34.5 Å². The van der Waals surface area contributed by atoms with Gasteiger partial charge in [0.25, 0.3) is 0 Å². The van der Waals surface area contributed by atoms with Gasteiger partial charge >= 0.3 is 0 Å². The molecule has 1 aromatic rings. The van der Waals surface area contributed by atoms with E-state index in [-0.39, 0.29) is 0 Å². The fourth-order valence-corrected chi connectivity index (χ4v) is 7.81. The number of benzene rings is 1. The van der Waals surface area contributed by atoms with Gasteiger partial charge in [0, 0.05) is 0 Å². The number of allylic oxidation sites excluding steroid dienone is 4. The summed E-state index contributed by atoms with van der Waals surface area (Å²) in [5.74, 6) is 3.83. The Kier molecular flexibility index (Phi) is 4.37. The van der Waals surface area contributed by atoms with Crippen LogP contribution >= 0.6 is 0 Å². The van der Waals surface area contributed by atoms with Crippen LogP contribution in [0.25, 0.3) is 0 Å². The second-order valence-electron chi connectivity index (χ2n) is 10.5. The highest BCUT2D eigenvalue weighted by Crippen LogP contribution is 2.66. The van der Waals surface area contributed by atoms with E-state index in [1.165, 1.54) is 63.4 Å². The highest BCUT2D eigenvalue weighted by Gasteiger charge is 2.57. The maximum atomic E-state index is 2.67. The van der Waals surface area contributed by atoms with Gasteiger partial charge in [-0.2, -0.15) is 0 Å². The Hall–Kier alpha value is -1.30. The molecule has 1 aromatic carbocycles. The van der Waals surface area contributed by atoms with Crippen LogP contribution in [0, 0.1) is 34.5 Å². The van der Waals surface area contributed by atoms with Gasteiger partial charge in [-0.3, -0.25) is 0 Å². The Morgan fingerprint density at radius 2 is 1.74 bits per heavy atom. The molecule has 0 radical (unpaired) electrons. The van der Waals surface area contributed by atoms with E-state index in [0.29, 0.717) is 10.8 Å². The minimum Gasteiger partial charge on any atom is -0.0882 e. The molecule has 0 heterocycles. The molecule has 0 unspecified atom stereocenters. The van der Waals surface area contributed by atoms with Gasteiger partial charge in [0.15, 0.2) is 0 Å². The van der Waals surface area contributed by atoms with E-state index in [9.17, 15) is 0 Å². The number of fused-ring (bicyclic) bond motifs is 5. The Labute approximate surface area is 166 Å². The molecule has 144 valence electrons. The summed E-state index contributed by atoms with van der Waals surface area (Å²) in [6.45, 7) is 5.28. The molecule has 0 spiro atoms. The lowest BCUT2D eigenvalue weighted by Gasteiger charge is -2.59. The fourth-order valence-electron chi connectivity index (χ4n) is 7.81. The van der Waals surface area contributed by atoms with E-state index in [2.05, 4.69) is 62.4 Å². The molecular formula is C27H36. The van der Waals surface area contributed by atoms with Crippen LogP contribution in [-0.4, -0.2) is 0 Å². The summed E-state index contributed by atoms with van der Waals surface area (Å²) in [7, 11) is 0. The number of aryl methyl sites for hydroxylation is 1. The normalized spacial score (nSPS) is 42.8. The summed E-state index contributed by atoms with van der Waals surface area (Å²) >= 11 is 0. The molecule has 0 N–H and O–H groups in total. The molecule has 0 bridgehead atoms. The Morgan fingerprint density at radius 3 is 2.59 bits per heavy atom. The Morgan fingerprint density at radius 1 is 0.889 bits per heavy atom. The molecular weight excluding hydrogens is 324 g/mol. The maximum Gasteiger partial charge on any atom is -0.00822 e. The van der Waals surface area contributed by atoms with Crippen molar-refractivity contribution in [3.05, 3.63) is 59.7 Å². The van der Waals surface area contributed by atoms with Crippen LogP contribution in [0.1, 0.15) is 70.8 Å². The lowest BCUT2D eigenvalue weighted by molar-refractivity contribution is -0.0827. The number of rotatable bonds is 3. The van der Waals surface area contributed by atoms with Gasteiger partial charge in [-0.05, 0) is 97.9 Å². The zero-order valence-corrected chi connectivity index (χ0v) is 17.3. The van der Waals surface area contributed by atoms with Gasteiger partial charge in [0.2, 0.25) is 0 Å². The summed E-state index contributed by atoms with van der Waals surface area (Å²) in [4.78, 5) is 0. The quantitative estimate of drug-likeness (QED) is 0.494. The average Bonchev–Trinajstić information content (AvgIpc) is 3.03. The maximum absolute atomic E-state index is 2.67. The summed E-state index contributed by atoms with van der Waals surface area (Å²) < 4.78 is 0. The number of hydrogen-bond acceptors (Lipinski definition) is 0.